The van der Waals surface area contributed by atoms with E-state index in [0.29, 0.717) is 11.7 Å². The zero-order valence-corrected chi connectivity index (χ0v) is 7.39. The lowest BCUT2D eigenvalue weighted by Gasteiger charge is -1.98. The Labute approximate surface area is 71.6 Å². The fraction of sp³-hybridized carbons (Fsp3) is 0.667. The predicted octanol–water partition coefficient (Wildman–Crippen LogP) is 1.21. The first-order valence-electron chi connectivity index (χ1n) is 3.29. The first-order valence-corrected chi connectivity index (χ1v) is 3.29. The molecule has 64 valence electrons. The van der Waals surface area contributed by atoms with E-state index in [-0.39, 0.29) is 18.4 Å². The summed E-state index contributed by atoms with van der Waals surface area (Å²) in [6.45, 7) is 3.75. The van der Waals surface area contributed by atoms with Crippen molar-refractivity contribution in [2.24, 2.45) is 5.73 Å². The number of nitrogens with zero attached hydrogens (tertiary/aromatic N) is 2. The van der Waals surface area contributed by atoms with Crippen LogP contribution in [-0.4, -0.2) is 10.1 Å². The number of nitrogens with two attached hydrogens (primary N) is 1. The highest BCUT2D eigenvalue weighted by Gasteiger charge is 2.09. The minimum atomic E-state index is -0.110. The van der Waals surface area contributed by atoms with E-state index in [1.807, 2.05) is 6.92 Å². The normalized spacial score (nSPS) is 12.3. The zero-order chi connectivity index (χ0) is 7.56. The Morgan fingerprint density at radius 2 is 2.27 bits per heavy atom. The summed E-state index contributed by atoms with van der Waals surface area (Å²) in [5, 5.41) is 3.62. The summed E-state index contributed by atoms with van der Waals surface area (Å²) in [5.74, 6) is 1.17. The third kappa shape index (κ3) is 2.48. The van der Waals surface area contributed by atoms with Crippen molar-refractivity contribution in [1.29, 1.82) is 0 Å². The largest absolute Gasteiger partial charge is 0.338 e. The van der Waals surface area contributed by atoms with Crippen molar-refractivity contribution < 1.29 is 4.52 Å². The van der Waals surface area contributed by atoms with Gasteiger partial charge in [0.05, 0.1) is 6.04 Å². The summed E-state index contributed by atoms with van der Waals surface area (Å²) in [5.41, 5.74) is 5.61. The van der Waals surface area contributed by atoms with Crippen molar-refractivity contribution >= 4 is 12.4 Å². The molecule has 4 nitrogen and oxygen atoms in total. The van der Waals surface area contributed by atoms with Gasteiger partial charge in [-0.15, -0.1) is 12.4 Å². The van der Waals surface area contributed by atoms with Gasteiger partial charge in [-0.05, 0) is 13.3 Å². The molecule has 1 atom stereocenters. The minimum absolute atomic E-state index is 0. The summed E-state index contributed by atoms with van der Waals surface area (Å²) in [6.07, 6.45) is 0.821. The molecule has 0 saturated heterocycles. The highest BCUT2D eigenvalue weighted by Crippen LogP contribution is 2.09. The third-order valence-electron chi connectivity index (χ3n) is 1.30. The second-order valence-corrected chi connectivity index (χ2v) is 2.19. The van der Waals surface area contributed by atoms with E-state index in [4.69, 9.17) is 10.3 Å². The van der Waals surface area contributed by atoms with Gasteiger partial charge in [-0.2, -0.15) is 4.98 Å². The maximum absolute atomic E-state index is 5.61. The number of halogens is 1. The van der Waals surface area contributed by atoms with Crippen LogP contribution < -0.4 is 5.73 Å². The molecule has 0 aliphatic carbocycles. The van der Waals surface area contributed by atoms with Crippen LogP contribution in [0.25, 0.3) is 0 Å². The third-order valence-corrected chi connectivity index (χ3v) is 1.30. The average molecular weight is 178 g/mol. The molecule has 0 aliphatic rings. The molecule has 0 aliphatic heterocycles. The van der Waals surface area contributed by atoms with E-state index in [0.717, 1.165) is 6.42 Å². The first-order chi connectivity index (χ1) is 4.74. The van der Waals surface area contributed by atoms with E-state index in [1.165, 1.54) is 0 Å². The van der Waals surface area contributed by atoms with Crippen LogP contribution in [0.5, 0.6) is 0 Å². The van der Waals surface area contributed by atoms with Gasteiger partial charge in [-0.25, -0.2) is 0 Å². The Bertz CT molecular complexity index is 213. The Kier molecular flexibility index (Phi) is 4.07. The standard InChI is InChI=1S/C6H11N3O.ClH/c1-3-5(7)6-8-4(2)9-10-6;/h5H,3,7H2,1-2H3;1H. The van der Waals surface area contributed by atoms with Gasteiger partial charge in [0.25, 0.3) is 0 Å². The minimum Gasteiger partial charge on any atom is -0.338 e. The van der Waals surface area contributed by atoms with Crippen molar-refractivity contribution in [2.45, 2.75) is 26.3 Å². The average Bonchev–Trinajstić information content (AvgIpc) is 2.34. The molecule has 1 heterocycles. The van der Waals surface area contributed by atoms with Gasteiger partial charge in [-0.3, -0.25) is 0 Å². The lowest BCUT2D eigenvalue weighted by molar-refractivity contribution is 0.349. The molecule has 0 fully saturated rings. The fourth-order valence-corrected chi connectivity index (χ4v) is 0.638. The maximum Gasteiger partial charge on any atom is 0.243 e. The smallest absolute Gasteiger partial charge is 0.243 e. The monoisotopic (exact) mass is 177 g/mol. The predicted molar refractivity (Wildman–Crippen MR) is 43.5 cm³/mol. The van der Waals surface area contributed by atoms with Crippen LogP contribution in [0.3, 0.4) is 0 Å². The number of aromatic nitrogens is 2. The van der Waals surface area contributed by atoms with E-state index in [9.17, 15) is 0 Å². The summed E-state index contributed by atoms with van der Waals surface area (Å²) < 4.78 is 4.83. The highest BCUT2D eigenvalue weighted by atomic mass is 35.5. The number of hydrogen-bond acceptors (Lipinski definition) is 4. The quantitative estimate of drug-likeness (QED) is 0.738. The molecule has 1 rings (SSSR count). The van der Waals surface area contributed by atoms with Crippen LogP contribution in [0.4, 0.5) is 0 Å². The summed E-state index contributed by atoms with van der Waals surface area (Å²) >= 11 is 0. The molecule has 1 unspecified atom stereocenters. The van der Waals surface area contributed by atoms with Gasteiger partial charge in [0, 0.05) is 0 Å². The number of hydrogen-bond donors (Lipinski definition) is 1. The lowest BCUT2D eigenvalue weighted by atomic mass is 10.2. The van der Waals surface area contributed by atoms with Gasteiger partial charge in [0.15, 0.2) is 5.82 Å². The van der Waals surface area contributed by atoms with Crippen molar-refractivity contribution in [1.82, 2.24) is 10.1 Å². The molecular weight excluding hydrogens is 166 g/mol. The van der Waals surface area contributed by atoms with Crippen LogP contribution in [0.1, 0.15) is 31.1 Å². The molecule has 5 heteroatoms. The number of rotatable bonds is 2. The van der Waals surface area contributed by atoms with Gasteiger partial charge in [0.2, 0.25) is 5.89 Å². The van der Waals surface area contributed by atoms with Crippen LogP contribution in [0, 0.1) is 6.92 Å². The second kappa shape index (κ2) is 4.31. The number of aryl methyl sites for hydroxylation is 1. The van der Waals surface area contributed by atoms with Gasteiger partial charge < -0.3 is 10.3 Å². The molecule has 0 amide bonds. The highest BCUT2D eigenvalue weighted by molar-refractivity contribution is 5.85. The van der Waals surface area contributed by atoms with Gasteiger partial charge in [0.1, 0.15) is 0 Å². The van der Waals surface area contributed by atoms with Crippen molar-refractivity contribution in [2.75, 3.05) is 0 Å². The molecule has 1 aromatic heterocycles. The van der Waals surface area contributed by atoms with Gasteiger partial charge in [-0.1, -0.05) is 12.1 Å². The molecule has 0 radical (unpaired) electrons. The van der Waals surface area contributed by atoms with Gasteiger partial charge >= 0.3 is 0 Å². The molecule has 0 bridgehead atoms. The molecular formula is C6H12ClN3O. The molecule has 0 aromatic carbocycles. The van der Waals surface area contributed by atoms with Crippen LogP contribution in [0.15, 0.2) is 4.52 Å². The van der Waals surface area contributed by atoms with Crippen molar-refractivity contribution in [3.8, 4) is 0 Å². The first kappa shape index (κ1) is 10.4. The Hall–Kier alpha value is -0.610. The topological polar surface area (TPSA) is 64.9 Å². The van der Waals surface area contributed by atoms with E-state index in [2.05, 4.69) is 10.1 Å². The van der Waals surface area contributed by atoms with Crippen LogP contribution in [-0.2, 0) is 0 Å². The van der Waals surface area contributed by atoms with Crippen molar-refractivity contribution in [3.63, 3.8) is 0 Å². The Morgan fingerprint density at radius 3 is 2.64 bits per heavy atom. The van der Waals surface area contributed by atoms with E-state index < -0.39 is 0 Å². The second-order valence-electron chi connectivity index (χ2n) is 2.19. The molecule has 2 N–H and O–H groups in total. The van der Waals surface area contributed by atoms with Crippen LogP contribution in [0.2, 0.25) is 0 Å². The maximum atomic E-state index is 5.61. The fourth-order valence-electron chi connectivity index (χ4n) is 0.638. The van der Waals surface area contributed by atoms with Crippen LogP contribution >= 0.6 is 12.4 Å². The summed E-state index contributed by atoms with van der Waals surface area (Å²) in [7, 11) is 0. The van der Waals surface area contributed by atoms with Crippen molar-refractivity contribution in [3.05, 3.63) is 11.7 Å². The zero-order valence-electron chi connectivity index (χ0n) is 6.57. The van der Waals surface area contributed by atoms with E-state index in [1.54, 1.807) is 6.92 Å². The molecule has 1 aromatic rings. The van der Waals surface area contributed by atoms with E-state index >= 15 is 0 Å². The Morgan fingerprint density at radius 1 is 1.64 bits per heavy atom. The SMILES string of the molecule is CCC(N)c1nc(C)no1.Cl. The lowest BCUT2D eigenvalue weighted by Crippen LogP contribution is -2.08. The molecule has 0 saturated carbocycles. The molecule has 11 heavy (non-hydrogen) atoms. The summed E-state index contributed by atoms with van der Waals surface area (Å²) in [4.78, 5) is 3.98. The summed E-state index contributed by atoms with van der Waals surface area (Å²) in [6, 6.07) is -0.110. The molecule has 0 spiro atoms. The Balaban J connectivity index is 0.000001000.